The zero-order chi connectivity index (χ0) is 30.3. The van der Waals surface area contributed by atoms with Crippen molar-refractivity contribution in [1.82, 2.24) is 0 Å². The SMILES string of the molecule is CC1CC(=O)C2C(CC3OC(C)(C)[C@H](OC(=O)[C@@]4(C)O[C@@H]4CCC4CC(N)[NH2+]C5C6CCCCC6CCC45)CC3C2O)O1. The molecule has 9 nitrogen and oxygen atoms in total. The van der Waals surface area contributed by atoms with Gasteiger partial charge in [0.1, 0.15) is 18.1 Å². The molecule has 5 N–H and O–H groups in total. The van der Waals surface area contributed by atoms with Crippen molar-refractivity contribution in [2.75, 3.05) is 0 Å². The number of carbonyl (C=O) groups is 2. The van der Waals surface area contributed by atoms with E-state index in [2.05, 4.69) is 5.32 Å². The second kappa shape index (κ2) is 11.3. The summed E-state index contributed by atoms with van der Waals surface area (Å²) in [6, 6.07) is 0.658. The molecular formula is C34H55N2O7+. The van der Waals surface area contributed by atoms with Gasteiger partial charge < -0.3 is 29.4 Å². The van der Waals surface area contributed by atoms with E-state index < -0.39 is 29.3 Å². The molecule has 4 heterocycles. The van der Waals surface area contributed by atoms with Gasteiger partial charge in [-0.1, -0.05) is 12.8 Å². The van der Waals surface area contributed by atoms with Crippen LogP contribution < -0.4 is 11.1 Å². The first-order valence-corrected chi connectivity index (χ1v) is 17.5. The average molecular weight is 604 g/mol. The minimum Gasteiger partial charge on any atom is -0.457 e. The highest BCUT2D eigenvalue weighted by molar-refractivity contribution is 5.84. The largest absolute Gasteiger partial charge is 0.457 e. The third kappa shape index (κ3) is 5.52. The van der Waals surface area contributed by atoms with E-state index in [1.807, 2.05) is 27.7 Å². The van der Waals surface area contributed by atoms with E-state index in [0.29, 0.717) is 31.2 Å². The summed E-state index contributed by atoms with van der Waals surface area (Å²) in [5, 5.41) is 13.8. The maximum Gasteiger partial charge on any atom is 0.341 e. The van der Waals surface area contributed by atoms with Crippen LogP contribution in [0.15, 0.2) is 0 Å². The standard InChI is InChI=1S/C34H54N2O7/c1-17-13-23(37)29-25(40-17)16-24-22(31(29)38)15-27(33(2,3)42-24)41-32(39)34(4)26(43-34)12-10-19-14-28(35)36-30-20-8-6-5-7-18(20)9-11-21(19)30/h17-22,24-31,36,38H,5-16,35H2,1-4H3/p+1/t17?,18?,19?,20?,21?,22?,24?,25?,26-,27-,28?,29?,30?,31?,34+/m1/s1. The van der Waals surface area contributed by atoms with Gasteiger partial charge in [0.05, 0.1) is 48.1 Å². The molecule has 43 heavy (non-hydrogen) atoms. The fourth-order valence-corrected chi connectivity index (χ4v) is 10.6. The molecule has 0 aromatic rings. The Morgan fingerprint density at radius 2 is 1.79 bits per heavy atom. The van der Waals surface area contributed by atoms with Crippen molar-refractivity contribution in [2.45, 2.75) is 165 Å². The van der Waals surface area contributed by atoms with Gasteiger partial charge in [0.25, 0.3) is 0 Å². The number of quaternary nitrogens is 1. The number of aliphatic hydroxyl groups is 1. The van der Waals surface area contributed by atoms with Gasteiger partial charge in [-0.25, -0.2) is 4.79 Å². The smallest absolute Gasteiger partial charge is 0.341 e. The Kier molecular flexibility index (Phi) is 8.03. The Hall–Kier alpha value is -1.10. The molecule has 4 saturated heterocycles. The van der Waals surface area contributed by atoms with Crippen molar-refractivity contribution < 1.29 is 39.0 Å². The van der Waals surface area contributed by atoms with Gasteiger partial charge in [0.2, 0.25) is 0 Å². The number of fused-ring (bicyclic) bond motifs is 5. The van der Waals surface area contributed by atoms with Crippen LogP contribution in [0.2, 0.25) is 0 Å². The molecule has 0 radical (unpaired) electrons. The molecule has 4 aliphatic heterocycles. The van der Waals surface area contributed by atoms with Gasteiger partial charge in [-0.3, -0.25) is 10.5 Å². The van der Waals surface area contributed by atoms with Crippen LogP contribution in [-0.2, 0) is 28.5 Å². The predicted molar refractivity (Wildman–Crippen MR) is 157 cm³/mol. The van der Waals surface area contributed by atoms with Gasteiger partial charge in [0.15, 0.2) is 5.60 Å². The van der Waals surface area contributed by atoms with E-state index in [4.69, 9.17) is 24.7 Å². The molecule has 3 saturated carbocycles. The summed E-state index contributed by atoms with van der Waals surface area (Å²) in [6.07, 6.45) is 10.4. The van der Waals surface area contributed by atoms with Crippen molar-refractivity contribution in [1.29, 1.82) is 0 Å². The maximum absolute atomic E-state index is 13.6. The Morgan fingerprint density at radius 1 is 1.00 bits per heavy atom. The molecule has 0 aromatic carbocycles. The molecule has 12 unspecified atom stereocenters. The third-order valence-electron chi connectivity index (χ3n) is 13.0. The molecule has 0 spiro atoms. The molecule has 9 heteroatoms. The Balaban J connectivity index is 0.957. The molecular weight excluding hydrogens is 548 g/mol. The van der Waals surface area contributed by atoms with Gasteiger partial charge in [0, 0.05) is 37.0 Å². The highest BCUT2D eigenvalue weighted by Crippen LogP contribution is 2.50. The van der Waals surface area contributed by atoms with Gasteiger partial charge in [-0.2, -0.15) is 0 Å². The normalized spacial score (nSPS) is 52.2. The summed E-state index contributed by atoms with van der Waals surface area (Å²) in [7, 11) is 0. The second-order valence-corrected chi connectivity index (χ2v) is 16.1. The molecule has 7 fully saturated rings. The Morgan fingerprint density at radius 3 is 2.60 bits per heavy atom. The molecule has 3 aliphatic carbocycles. The van der Waals surface area contributed by atoms with Crippen LogP contribution in [0.25, 0.3) is 0 Å². The summed E-state index contributed by atoms with van der Waals surface area (Å²) >= 11 is 0. The van der Waals surface area contributed by atoms with E-state index >= 15 is 0 Å². The lowest BCUT2D eigenvalue weighted by Crippen LogP contribution is -3.02. The number of carbonyl (C=O) groups excluding carboxylic acids is 2. The first-order valence-electron chi connectivity index (χ1n) is 17.5. The van der Waals surface area contributed by atoms with Crippen molar-refractivity contribution in [2.24, 2.45) is 41.2 Å². The van der Waals surface area contributed by atoms with Crippen molar-refractivity contribution in [3.63, 3.8) is 0 Å². The number of ketones is 1. The number of esters is 1. The molecule has 7 aliphatic rings. The summed E-state index contributed by atoms with van der Waals surface area (Å²) in [5.74, 6) is 1.91. The molecule has 15 atom stereocenters. The topological polar surface area (TPSA) is 137 Å². The summed E-state index contributed by atoms with van der Waals surface area (Å²) in [4.78, 5) is 26.4. The van der Waals surface area contributed by atoms with E-state index in [0.717, 1.165) is 37.0 Å². The number of ether oxygens (including phenoxy) is 4. The molecule has 0 amide bonds. The van der Waals surface area contributed by atoms with Crippen LogP contribution in [0, 0.1) is 35.5 Å². The average Bonchev–Trinajstić information content (AvgIpc) is 3.62. The number of Topliss-reactive ketones (excluding diaryl/α,β-unsaturated/α-hetero) is 1. The Bertz CT molecular complexity index is 1080. The Labute approximate surface area is 256 Å². The first-order chi connectivity index (χ1) is 20.4. The van der Waals surface area contributed by atoms with E-state index in [9.17, 15) is 14.7 Å². The van der Waals surface area contributed by atoms with Crippen LogP contribution in [-0.4, -0.2) is 76.9 Å². The van der Waals surface area contributed by atoms with Gasteiger partial charge >= 0.3 is 5.97 Å². The number of hydrogen-bond donors (Lipinski definition) is 3. The predicted octanol–water partition coefficient (Wildman–Crippen LogP) is 2.60. The van der Waals surface area contributed by atoms with Crippen LogP contribution in [0.1, 0.15) is 105 Å². The van der Waals surface area contributed by atoms with E-state index in [-0.39, 0.29) is 48.3 Å². The van der Waals surface area contributed by atoms with Crippen LogP contribution in [0.4, 0.5) is 0 Å². The fraction of sp³-hybridized carbons (Fsp3) is 0.941. The molecule has 0 bridgehead atoms. The zero-order valence-corrected chi connectivity index (χ0v) is 26.6. The van der Waals surface area contributed by atoms with Crippen LogP contribution in [0.3, 0.4) is 0 Å². The number of hydrogen-bond acceptors (Lipinski definition) is 8. The first kappa shape index (κ1) is 30.5. The van der Waals surface area contributed by atoms with Gasteiger partial charge in [-0.05, 0) is 84.5 Å². The lowest BCUT2D eigenvalue weighted by atomic mass is 9.59. The maximum atomic E-state index is 13.6. The molecule has 0 aromatic heterocycles. The van der Waals surface area contributed by atoms with Crippen LogP contribution in [0.5, 0.6) is 0 Å². The number of epoxide rings is 1. The zero-order valence-electron chi connectivity index (χ0n) is 26.6. The lowest BCUT2D eigenvalue weighted by molar-refractivity contribution is -0.749. The molecule has 7 rings (SSSR count). The second-order valence-electron chi connectivity index (χ2n) is 16.1. The van der Waals surface area contributed by atoms with Crippen molar-refractivity contribution in [3.05, 3.63) is 0 Å². The van der Waals surface area contributed by atoms with E-state index in [1.165, 1.54) is 38.5 Å². The minimum atomic E-state index is -0.949. The van der Waals surface area contributed by atoms with Crippen molar-refractivity contribution >= 4 is 11.8 Å². The monoisotopic (exact) mass is 603 g/mol. The quantitative estimate of drug-likeness (QED) is 0.322. The number of rotatable bonds is 5. The highest BCUT2D eigenvalue weighted by Gasteiger charge is 2.62. The third-order valence-corrected chi connectivity index (χ3v) is 13.0. The minimum absolute atomic E-state index is 0.0599. The van der Waals surface area contributed by atoms with Crippen molar-refractivity contribution in [3.8, 4) is 0 Å². The number of piperidine rings is 1. The fourth-order valence-electron chi connectivity index (χ4n) is 10.6. The lowest BCUT2D eigenvalue weighted by Gasteiger charge is -2.53. The van der Waals surface area contributed by atoms with Crippen LogP contribution >= 0.6 is 0 Å². The summed E-state index contributed by atoms with van der Waals surface area (Å²) < 4.78 is 24.8. The number of aliphatic hydroxyl groups excluding tert-OH is 1. The molecule has 242 valence electrons. The highest BCUT2D eigenvalue weighted by atomic mass is 16.7. The van der Waals surface area contributed by atoms with Gasteiger partial charge in [-0.15, -0.1) is 0 Å². The summed E-state index contributed by atoms with van der Waals surface area (Å²) in [5.41, 5.74) is 4.92. The van der Waals surface area contributed by atoms with E-state index in [1.54, 1.807) is 0 Å². The summed E-state index contributed by atoms with van der Waals surface area (Å²) in [6.45, 7) is 7.66. The number of nitrogens with two attached hydrogens (primary N) is 2.